The lowest BCUT2D eigenvalue weighted by Crippen LogP contribution is -2.34. The van der Waals surface area contributed by atoms with Crippen LogP contribution in [0.2, 0.25) is 5.02 Å². The minimum atomic E-state index is -0.268. The third kappa shape index (κ3) is 6.69. The van der Waals surface area contributed by atoms with Crippen LogP contribution in [-0.2, 0) is 4.79 Å². The fraction of sp³-hybridized carbons (Fsp3) is 0.316. The van der Waals surface area contributed by atoms with Crippen molar-refractivity contribution in [1.29, 1.82) is 0 Å². The van der Waals surface area contributed by atoms with E-state index in [1.54, 1.807) is 17.8 Å². The van der Waals surface area contributed by atoms with Crippen LogP contribution in [0.3, 0.4) is 0 Å². The highest BCUT2D eigenvalue weighted by molar-refractivity contribution is 7.99. The standard InChI is InChI=1S/C19H22ClFN2OS/c1-23(2)18(14-4-3-5-16(21)12-14)13-22-19(24)10-11-25-17-8-6-15(20)7-9-17/h3-9,12,18H,10-11,13H2,1-2H3,(H,22,24). The number of hydrogen-bond acceptors (Lipinski definition) is 3. The highest BCUT2D eigenvalue weighted by Gasteiger charge is 2.15. The number of carbonyl (C=O) groups is 1. The van der Waals surface area contributed by atoms with Gasteiger partial charge in [0.25, 0.3) is 0 Å². The molecule has 0 aliphatic carbocycles. The molecule has 2 rings (SSSR count). The van der Waals surface area contributed by atoms with Crippen molar-refractivity contribution in [3.05, 3.63) is 64.9 Å². The Labute approximate surface area is 157 Å². The molecule has 2 aromatic carbocycles. The molecule has 0 heterocycles. The first-order chi connectivity index (χ1) is 12.0. The lowest BCUT2D eigenvalue weighted by Gasteiger charge is -2.25. The lowest BCUT2D eigenvalue weighted by molar-refractivity contribution is -0.120. The predicted molar refractivity (Wildman–Crippen MR) is 103 cm³/mol. The topological polar surface area (TPSA) is 32.3 Å². The molecule has 25 heavy (non-hydrogen) atoms. The van der Waals surface area contributed by atoms with E-state index in [9.17, 15) is 9.18 Å². The monoisotopic (exact) mass is 380 g/mol. The Balaban J connectivity index is 1.79. The number of thioether (sulfide) groups is 1. The molecule has 0 aliphatic rings. The first kappa shape index (κ1) is 19.8. The van der Waals surface area contributed by atoms with Crippen LogP contribution in [0.1, 0.15) is 18.0 Å². The molecule has 6 heteroatoms. The van der Waals surface area contributed by atoms with Gasteiger partial charge in [0.05, 0.1) is 6.04 Å². The van der Waals surface area contributed by atoms with E-state index in [0.29, 0.717) is 23.7 Å². The van der Waals surface area contributed by atoms with Gasteiger partial charge in [0, 0.05) is 28.6 Å². The summed E-state index contributed by atoms with van der Waals surface area (Å²) in [7, 11) is 3.83. The van der Waals surface area contributed by atoms with Gasteiger partial charge in [-0.25, -0.2) is 4.39 Å². The molecular weight excluding hydrogens is 359 g/mol. The van der Waals surface area contributed by atoms with Gasteiger partial charge in [-0.1, -0.05) is 23.7 Å². The molecule has 3 nitrogen and oxygen atoms in total. The van der Waals surface area contributed by atoms with Crippen molar-refractivity contribution in [3.8, 4) is 0 Å². The van der Waals surface area contributed by atoms with Crippen LogP contribution >= 0.6 is 23.4 Å². The van der Waals surface area contributed by atoms with E-state index in [0.717, 1.165) is 10.5 Å². The van der Waals surface area contributed by atoms with Crippen LogP contribution in [0, 0.1) is 5.82 Å². The predicted octanol–water partition coefficient (Wildman–Crippen LogP) is 4.38. The number of likely N-dealkylation sites (N-methyl/N-ethyl adjacent to an activating group) is 1. The summed E-state index contributed by atoms with van der Waals surface area (Å²) in [5.74, 6) is 0.417. The minimum Gasteiger partial charge on any atom is -0.354 e. The minimum absolute atomic E-state index is 0.00952. The zero-order chi connectivity index (χ0) is 18.2. The van der Waals surface area contributed by atoms with Gasteiger partial charge in [0.15, 0.2) is 0 Å². The van der Waals surface area contributed by atoms with E-state index in [2.05, 4.69) is 5.32 Å². The van der Waals surface area contributed by atoms with Crippen molar-refractivity contribution in [1.82, 2.24) is 10.2 Å². The second-order valence-electron chi connectivity index (χ2n) is 5.89. The molecule has 0 fully saturated rings. The fourth-order valence-electron chi connectivity index (χ4n) is 2.40. The molecule has 1 N–H and O–H groups in total. The highest BCUT2D eigenvalue weighted by atomic mass is 35.5. The number of carbonyl (C=O) groups excluding carboxylic acids is 1. The Kier molecular flexibility index (Phi) is 7.75. The molecule has 0 aliphatic heterocycles. The molecular formula is C19H22ClFN2OS. The van der Waals surface area contributed by atoms with Gasteiger partial charge < -0.3 is 10.2 Å². The van der Waals surface area contributed by atoms with E-state index in [1.165, 1.54) is 12.1 Å². The summed E-state index contributed by atoms with van der Waals surface area (Å²) < 4.78 is 13.4. The number of amides is 1. The van der Waals surface area contributed by atoms with E-state index in [4.69, 9.17) is 11.6 Å². The smallest absolute Gasteiger partial charge is 0.220 e. The maximum atomic E-state index is 13.4. The molecule has 0 bridgehead atoms. The average molecular weight is 381 g/mol. The zero-order valence-corrected chi connectivity index (χ0v) is 15.9. The first-order valence-electron chi connectivity index (χ1n) is 8.02. The maximum Gasteiger partial charge on any atom is 0.220 e. The van der Waals surface area contributed by atoms with Crippen LogP contribution in [0.4, 0.5) is 4.39 Å². The summed E-state index contributed by atoms with van der Waals surface area (Å²) in [6, 6.07) is 14.0. The fourth-order valence-corrected chi connectivity index (χ4v) is 3.38. The Morgan fingerprint density at radius 1 is 1.24 bits per heavy atom. The van der Waals surface area contributed by atoms with Gasteiger partial charge in [-0.15, -0.1) is 11.8 Å². The largest absolute Gasteiger partial charge is 0.354 e. The maximum absolute atomic E-state index is 13.4. The number of nitrogens with zero attached hydrogens (tertiary/aromatic N) is 1. The summed E-state index contributed by atoms with van der Waals surface area (Å²) in [6.45, 7) is 0.445. The second kappa shape index (κ2) is 9.80. The van der Waals surface area contributed by atoms with E-state index >= 15 is 0 Å². The van der Waals surface area contributed by atoms with Gasteiger partial charge in [0.1, 0.15) is 5.82 Å². The van der Waals surface area contributed by atoms with Crippen LogP contribution in [-0.4, -0.2) is 37.2 Å². The number of nitrogens with one attached hydrogen (secondary N) is 1. The van der Waals surface area contributed by atoms with Crippen LogP contribution in [0.15, 0.2) is 53.4 Å². The summed E-state index contributed by atoms with van der Waals surface area (Å²) in [5.41, 5.74) is 0.848. The van der Waals surface area contributed by atoms with Crippen molar-refractivity contribution >= 4 is 29.3 Å². The van der Waals surface area contributed by atoms with Gasteiger partial charge in [0.2, 0.25) is 5.91 Å². The second-order valence-corrected chi connectivity index (χ2v) is 7.50. The number of hydrogen-bond donors (Lipinski definition) is 1. The van der Waals surface area contributed by atoms with Crippen molar-refractivity contribution in [2.24, 2.45) is 0 Å². The molecule has 134 valence electrons. The number of benzene rings is 2. The van der Waals surface area contributed by atoms with Gasteiger partial charge >= 0.3 is 0 Å². The molecule has 1 unspecified atom stereocenters. The van der Waals surface area contributed by atoms with E-state index in [1.807, 2.05) is 49.3 Å². The van der Waals surface area contributed by atoms with E-state index < -0.39 is 0 Å². The Morgan fingerprint density at radius 3 is 2.60 bits per heavy atom. The Bertz CT molecular complexity index is 694. The van der Waals surface area contributed by atoms with Crippen LogP contribution in [0.5, 0.6) is 0 Å². The third-order valence-corrected chi connectivity index (χ3v) is 5.03. The van der Waals surface area contributed by atoms with Gasteiger partial charge in [-0.05, 0) is 56.1 Å². The molecule has 1 atom stereocenters. The Morgan fingerprint density at radius 2 is 1.96 bits per heavy atom. The average Bonchev–Trinajstić information content (AvgIpc) is 2.56. The molecule has 2 aromatic rings. The van der Waals surface area contributed by atoms with Crippen molar-refractivity contribution in [2.75, 3.05) is 26.4 Å². The lowest BCUT2D eigenvalue weighted by atomic mass is 10.1. The molecule has 0 saturated carbocycles. The zero-order valence-electron chi connectivity index (χ0n) is 14.3. The summed E-state index contributed by atoms with van der Waals surface area (Å²) in [5, 5.41) is 3.64. The van der Waals surface area contributed by atoms with Crippen molar-refractivity contribution in [2.45, 2.75) is 17.4 Å². The quantitative estimate of drug-likeness (QED) is 0.690. The Hall–Kier alpha value is -1.56. The van der Waals surface area contributed by atoms with Crippen LogP contribution in [0.25, 0.3) is 0 Å². The van der Waals surface area contributed by atoms with E-state index in [-0.39, 0.29) is 17.8 Å². The summed E-state index contributed by atoms with van der Waals surface area (Å²) >= 11 is 7.47. The summed E-state index contributed by atoms with van der Waals surface area (Å²) in [4.78, 5) is 15.1. The molecule has 0 saturated heterocycles. The van der Waals surface area contributed by atoms with Crippen LogP contribution < -0.4 is 5.32 Å². The normalized spacial score (nSPS) is 12.2. The third-order valence-electron chi connectivity index (χ3n) is 3.76. The van der Waals surface area contributed by atoms with Gasteiger partial charge in [-0.3, -0.25) is 4.79 Å². The highest BCUT2D eigenvalue weighted by Crippen LogP contribution is 2.21. The number of halogens is 2. The van der Waals surface area contributed by atoms with Crippen molar-refractivity contribution < 1.29 is 9.18 Å². The SMILES string of the molecule is CN(C)C(CNC(=O)CCSc1ccc(Cl)cc1)c1cccc(F)c1. The van der Waals surface area contributed by atoms with Gasteiger partial charge in [-0.2, -0.15) is 0 Å². The molecule has 0 radical (unpaired) electrons. The number of rotatable bonds is 8. The molecule has 0 spiro atoms. The molecule has 1 amide bonds. The first-order valence-corrected chi connectivity index (χ1v) is 9.39. The summed E-state index contributed by atoms with van der Waals surface area (Å²) in [6.07, 6.45) is 0.427. The molecule has 0 aromatic heterocycles. The van der Waals surface area contributed by atoms with Crippen molar-refractivity contribution in [3.63, 3.8) is 0 Å².